The topological polar surface area (TPSA) is 88.7 Å². The van der Waals surface area contributed by atoms with Crippen molar-refractivity contribution >= 4 is 23.2 Å². The summed E-state index contributed by atoms with van der Waals surface area (Å²) in [6.45, 7) is 3.91. The maximum Gasteiger partial charge on any atom is 0.251 e. The van der Waals surface area contributed by atoms with Gasteiger partial charge in [0.05, 0.1) is 19.3 Å². The molecule has 1 unspecified atom stereocenters. The molecule has 0 saturated carbocycles. The normalized spacial score (nSPS) is 15.6. The van der Waals surface area contributed by atoms with Gasteiger partial charge < -0.3 is 25.4 Å². The zero-order valence-electron chi connectivity index (χ0n) is 16.6. The van der Waals surface area contributed by atoms with Crippen molar-refractivity contribution in [3.63, 3.8) is 0 Å². The Kier molecular flexibility index (Phi) is 7.47. The van der Waals surface area contributed by atoms with Crippen molar-refractivity contribution in [2.45, 2.75) is 25.9 Å². The standard InChI is InChI=1S/C22H27N3O4/c1-2-28-19-10-8-17(9-11-19)23-15-21(26)25-18-6-3-5-16(13-18)22(27)24-14-20-7-4-12-29-20/h3,5-6,8-11,13,20,23H,2,4,7,12,14-15H2,1H3,(H,24,27)(H,25,26). The van der Waals surface area contributed by atoms with Gasteiger partial charge in [0.15, 0.2) is 0 Å². The molecule has 2 amide bonds. The lowest BCUT2D eigenvalue weighted by atomic mass is 10.1. The van der Waals surface area contributed by atoms with E-state index in [1.54, 1.807) is 24.3 Å². The molecule has 29 heavy (non-hydrogen) atoms. The molecule has 7 nitrogen and oxygen atoms in total. The highest BCUT2D eigenvalue weighted by Crippen LogP contribution is 2.16. The van der Waals surface area contributed by atoms with Crippen LogP contribution >= 0.6 is 0 Å². The van der Waals surface area contributed by atoms with E-state index < -0.39 is 0 Å². The zero-order chi connectivity index (χ0) is 20.5. The summed E-state index contributed by atoms with van der Waals surface area (Å²) in [5, 5.41) is 8.75. The van der Waals surface area contributed by atoms with Crippen LogP contribution < -0.4 is 20.7 Å². The van der Waals surface area contributed by atoms with Crippen molar-refractivity contribution in [3.8, 4) is 5.75 Å². The molecule has 1 aliphatic rings. The average molecular weight is 397 g/mol. The molecule has 7 heteroatoms. The SMILES string of the molecule is CCOc1ccc(NCC(=O)Nc2cccc(C(=O)NCC3CCCO3)c2)cc1. The lowest BCUT2D eigenvalue weighted by Gasteiger charge is -2.12. The smallest absolute Gasteiger partial charge is 0.251 e. The summed E-state index contributed by atoms with van der Waals surface area (Å²) in [6.07, 6.45) is 2.10. The summed E-state index contributed by atoms with van der Waals surface area (Å²) in [5.74, 6) is 0.414. The van der Waals surface area contributed by atoms with E-state index in [-0.39, 0.29) is 24.5 Å². The maximum absolute atomic E-state index is 12.3. The molecule has 1 saturated heterocycles. The van der Waals surface area contributed by atoms with E-state index in [9.17, 15) is 9.59 Å². The van der Waals surface area contributed by atoms with Gasteiger partial charge in [-0.3, -0.25) is 9.59 Å². The first kappa shape index (κ1) is 20.7. The summed E-state index contributed by atoms with van der Waals surface area (Å²) in [7, 11) is 0. The molecule has 0 spiro atoms. The van der Waals surface area contributed by atoms with E-state index in [2.05, 4.69) is 16.0 Å². The van der Waals surface area contributed by atoms with E-state index in [0.29, 0.717) is 24.4 Å². The van der Waals surface area contributed by atoms with Crippen LogP contribution in [0.2, 0.25) is 0 Å². The number of carbonyl (C=O) groups is 2. The summed E-state index contributed by atoms with van der Waals surface area (Å²) >= 11 is 0. The molecular formula is C22H27N3O4. The number of hydrogen-bond donors (Lipinski definition) is 3. The Labute approximate surface area is 170 Å². The fourth-order valence-electron chi connectivity index (χ4n) is 3.08. The van der Waals surface area contributed by atoms with Gasteiger partial charge in [-0.15, -0.1) is 0 Å². The summed E-state index contributed by atoms with van der Waals surface area (Å²) in [6, 6.07) is 14.3. The van der Waals surface area contributed by atoms with E-state index in [4.69, 9.17) is 9.47 Å². The van der Waals surface area contributed by atoms with Gasteiger partial charge in [0.1, 0.15) is 5.75 Å². The molecule has 1 aliphatic heterocycles. The van der Waals surface area contributed by atoms with Gasteiger partial charge in [-0.1, -0.05) is 6.07 Å². The molecule has 2 aromatic rings. The number of rotatable bonds is 9. The minimum Gasteiger partial charge on any atom is -0.494 e. The molecule has 0 aromatic heterocycles. The van der Waals surface area contributed by atoms with E-state index in [1.807, 2.05) is 31.2 Å². The third-order valence-electron chi connectivity index (χ3n) is 4.54. The minimum atomic E-state index is -0.198. The van der Waals surface area contributed by atoms with Crippen molar-refractivity contribution < 1.29 is 19.1 Å². The van der Waals surface area contributed by atoms with Crippen LogP contribution in [0.1, 0.15) is 30.1 Å². The Morgan fingerprint density at radius 1 is 1.14 bits per heavy atom. The number of anilines is 2. The molecule has 3 rings (SSSR count). The van der Waals surface area contributed by atoms with Gasteiger partial charge in [-0.05, 0) is 62.2 Å². The number of benzene rings is 2. The highest BCUT2D eigenvalue weighted by molar-refractivity contribution is 5.98. The van der Waals surface area contributed by atoms with Gasteiger partial charge in [-0.25, -0.2) is 0 Å². The number of ether oxygens (including phenoxy) is 2. The Bertz CT molecular complexity index is 817. The monoisotopic (exact) mass is 397 g/mol. The van der Waals surface area contributed by atoms with Crippen LogP contribution in [0.15, 0.2) is 48.5 Å². The first-order valence-corrected chi connectivity index (χ1v) is 9.90. The Morgan fingerprint density at radius 2 is 1.97 bits per heavy atom. The molecular weight excluding hydrogens is 370 g/mol. The largest absolute Gasteiger partial charge is 0.494 e. The van der Waals surface area contributed by atoms with Gasteiger partial charge >= 0.3 is 0 Å². The van der Waals surface area contributed by atoms with Crippen LogP contribution in [0.5, 0.6) is 5.75 Å². The third kappa shape index (κ3) is 6.50. The van der Waals surface area contributed by atoms with Crippen molar-refractivity contribution in [2.24, 2.45) is 0 Å². The van der Waals surface area contributed by atoms with Crippen molar-refractivity contribution in [1.29, 1.82) is 0 Å². The molecule has 154 valence electrons. The highest BCUT2D eigenvalue weighted by atomic mass is 16.5. The predicted molar refractivity (Wildman–Crippen MR) is 112 cm³/mol. The van der Waals surface area contributed by atoms with Crippen LogP contribution in [0.3, 0.4) is 0 Å². The van der Waals surface area contributed by atoms with Crippen molar-refractivity contribution in [3.05, 3.63) is 54.1 Å². The molecule has 0 aliphatic carbocycles. The molecule has 1 fully saturated rings. The van der Waals surface area contributed by atoms with Gasteiger partial charge in [0, 0.05) is 30.1 Å². The van der Waals surface area contributed by atoms with Gasteiger partial charge in [0.2, 0.25) is 5.91 Å². The van der Waals surface area contributed by atoms with E-state index in [0.717, 1.165) is 30.9 Å². The molecule has 1 atom stereocenters. The second kappa shape index (κ2) is 10.5. The van der Waals surface area contributed by atoms with Crippen molar-refractivity contribution in [1.82, 2.24) is 5.32 Å². The fraction of sp³-hybridized carbons (Fsp3) is 0.364. The molecule has 2 aromatic carbocycles. The third-order valence-corrected chi connectivity index (χ3v) is 4.54. The van der Waals surface area contributed by atoms with E-state index >= 15 is 0 Å². The average Bonchev–Trinajstić information content (AvgIpc) is 3.26. The summed E-state index contributed by atoms with van der Waals surface area (Å²) in [5.41, 5.74) is 1.90. The van der Waals surface area contributed by atoms with Crippen LogP contribution in [0.25, 0.3) is 0 Å². The molecule has 1 heterocycles. The number of amides is 2. The lowest BCUT2D eigenvalue weighted by molar-refractivity contribution is -0.114. The maximum atomic E-state index is 12.3. The number of nitrogens with one attached hydrogen (secondary N) is 3. The molecule has 3 N–H and O–H groups in total. The molecule has 0 radical (unpaired) electrons. The predicted octanol–water partition coefficient (Wildman–Crippen LogP) is 3.04. The Balaban J connectivity index is 1.47. The van der Waals surface area contributed by atoms with Crippen LogP contribution in [-0.2, 0) is 9.53 Å². The fourth-order valence-corrected chi connectivity index (χ4v) is 3.08. The Morgan fingerprint density at radius 3 is 2.69 bits per heavy atom. The first-order chi connectivity index (χ1) is 14.1. The molecule has 0 bridgehead atoms. The van der Waals surface area contributed by atoms with Gasteiger partial charge in [-0.2, -0.15) is 0 Å². The minimum absolute atomic E-state index is 0.0931. The highest BCUT2D eigenvalue weighted by Gasteiger charge is 2.16. The van der Waals surface area contributed by atoms with Crippen LogP contribution in [-0.4, -0.2) is 44.2 Å². The first-order valence-electron chi connectivity index (χ1n) is 9.90. The Hall–Kier alpha value is -3.06. The van der Waals surface area contributed by atoms with E-state index in [1.165, 1.54) is 0 Å². The number of hydrogen-bond acceptors (Lipinski definition) is 5. The second-order valence-electron chi connectivity index (χ2n) is 6.78. The van der Waals surface area contributed by atoms with Crippen molar-refractivity contribution in [2.75, 3.05) is 36.9 Å². The summed E-state index contributed by atoms with van der Waals surface area (Å²) < 4.78 is 10.9. The summed E-state index contributed by atoms with van der Waals surface area (Å²) in [4.78, 5) is 24.5. The van der Waals surface area contributed by atoms with Crippen LogP contribution in [0.4, 0.5) is 11.4 Å². The van der Waals surface area contributed by atoms with Crippen LogP contribution in [0, 0.1) is 0 Å². The quantitative estimate of drug-likeness (QED) is 0.605. The number of carbonyl (C=O) groups excluding carboxylic acids is 2. The van der Waals surface area contributed by atoms with Gasteiger partial charge in [0.25, 0.3) is 5.91 Å². The lowest BCUT2D eigenvalue weighted by Crippen LogP contribution is -2.31. The zero-order valence-corrected chi connectivity index (χ0v) is 16.6. The second-order valence-corrected chi connectivity index (χ2v) is 6.78.